The summed E-state index contributed by atoms with van der Waals surface area (Å²) < 4.78 is 25.9. The minimum absolute atomic E-state index is 0.0465. The fraction of sp³-hybridized carbons (Fsp3) is 0.333. The second-order valence-corrected chi connectivity index (χ2v) is 7.19. The number of rotatable bonds is 6. The van der Waals surface area contributed by atoms with E-state index in [-0.39, 0.29) is 31.1 Å². The summed E-state index contributed by atoms with van der Waals surface area (Å²) in [6.45, 7) is 1.49. The van der Waals surface area contributed by atoms with Gasteiger partial charge in [-0.3, -0.25) is 14.2 Å². The number of aromatic nitrogens is 2. The van der Waals surface area contributed by atoms with Crippen molar-refractivity contribution in [3.8, 4) is 0 Å². The number of hydrogen-bond acceptors (Lipinski definition) is 7. The Balaban J connectivity index is 1.71. The summed E-state index contributed by atoms with van der Waals surface area (Å²) in [7, 11) is 0. The lowest BCUT2D eigenvalue weighted by molar-refractivity contribution is -0.142. The Morgan fingerprint density at radius 1 is 1.37 bits per heavy atom. The van der Waals surface area contributed by atoms with Gasteiger partial charge in [-0.1, -0.05) is 42.1 Å². The number of esters is 1. The van der Waals surface area contributed by atoms with E-state index in [1.807, 2.05) is 0 Å². The van der Waals surface area contributed by atoms with Crippen molar-refractivity contribution in [2.45, 2.75) is 24.2 Å². The van der Waals surface area contributed by atoms with E-state index >= 15 is 0 Å². The molecule has 1 saturated heterocycles. The van der Waals surface area contributed by atoms with E-state index in [1.54, 1.807) is 30.3 Å². The van der Waals surface area contributed by atoms with Crippen LogP contribution in [0.15, 0.2) is 41.3 Å². The Hall–Kier alpha value is -2.52. The molecule has 0 unspecified atom stereocenters. The molecule has 2 aromatic rings. The number of benzene rings is 1. The third-order valence-electron chi connectivity index (χ3n) is 3.87. The molecule has 1 aromatic carbocycles. The zero-order valence-corrected chi connectivity index (χ0v) is 15.3. The molecule has 2 atom stereocenters. The Labute approximate surface area is 158 Å². The Morgan fingerprint density at radius 2 is 2.11 bits per heavy atom. The molecule has 1 aromatic heterocycles. The van der Waals surface area contributed by atoms with Crippen LogP contribution in [0.5, 0.6) is 0 Å². The second-order valence-electron chi connectivity index (χ2n) is 5.85. The fourth-order valence-corrected chi connectivity index (χ4v) is 3.64. The van der Waals surface area contributed by atoms with Crippen LogP contribution in [0.25, 0.3) is 0 Å². The summed E-state index contributed by atoms with van der Waals surface area (Å²) in [5, 5.41) is -0.487. The quantitative estimate of drug-likeness (QED) is 0.549. The number of halogens is 1. The molecule has 0 amide bonds. The van der Waals surface area contributed by atoms with E-state index < -0.39 is 28.3 Å². The zero-order chi connectivity index (χ0) is 19.4. The number of thioether (sulfide) groups is 1. The van der Waals surface area contributed by atoms with Crippen LogP contribution < -0.4 is 5.69 Å². The van der Waals surface area contributed by atoms with Crippen molar-refractivity contribution in [2.75, 3.05) is 13.2 Å². The summed E-state index contributed by atoms with van der Waals surface area (Å²) in [4.78, 5) is 39.1. The van der Waals surface area contributed by atoms with Crippen LogP contribution in [0, 0.1) is 5.82 Å². The molecule has 1 fully saturated rings. The summed E-state index contributed by atoms with van der Waals surface area (Å²) in [5.41, 5.74) is -0.865. The molecule has 3 rings (SSSR count). The summed E-state index contributed by atoms with van der Waals surface area (Å²) >= 11 is 1.24. The Morgan fingerprint density at radius 3 is 2.81 bits per heavy atom. The highest BCUT2D eigenvalue weighted by atomic mass is 32.2. The molecule has 0 N–H and O–H groups in total. The lowest BCUT2D eigenvalue weighted by atomic mass is 10.1. The van der Waals surface area contributed by atoms with Gasteiger partial charge in [-0.2, -0.15) is 4.98 Å². The number of carbonyl (C=O) groups is 2. The average molecular weight is 392 g/mol. The van der Waals surface area contributed by atoms with Crippen molar-refractivity contribution in [1.29, 1.82) is 0 Å². The van der Waals surface area contributed by atoms with Crippen LogP contribution in [0.4, 0.5) is 4.39 Å². The largest absolute Gasteiger partial charge is 0.462 e. The maximum absolute atomic E-state index is 14.4. The number of carbonyl (C=O) groups excluding carboxylic acids is 2. The first-order valence-electron chi connectivity index (χ1n) is 8.20. The van der Waals surface area contributed by atoms with Gasteiger partial charge in [0.15, 0.2) is 11.6 Å². The number of hydrogen-bond donors (Lipinski definition) is 0. The number of nitrogens with zero attached hydrogens (tertiary/aromatic N) is 2. The summed E-state index contributed by atoms with van der Waals surface area (Å²) in [6, 6.07) is 8.43. The van der Waals surface area contributed by atoms with Gasteiger partial charge in [0.1, 0.15) is 17.4 Å². The minimum Gasteiger partial charge on any atom is -0.462 e. The standard InChI is InChI=1S/C18H17FN2O5S/c1-11(22)25-10-17-26-9-16(27-17)21-8-13(19)14(20-18(21)24)7-15(23)12-5-3-2-4-6-12/h2-6,8,16-17H,7,9-10H2,1H3/t16-,17-/m1/s1. The van der Waals surface area contributed by atoms with Gasteiger partial charge in [0.05, 0.1) is 18.7 Å². The topological polar surface area (TPSA) is 87.5 Å². The Bertz CT molecular complexity index is 902. The number of ether oxygens (including phenoxy) is 2. The van der Waals surface area contributed by atoms with E-state index in [0.717, 1.165) is 10.8 Å². The van der Waals surface area contributed by atoms with Gasteiger partial charge in [0.2, 0.25) is 0 Å². The molecule has 0 saturated carbocycles. The third kappa shape index (κ3) is 4.81. The summed E-state index contributed by atoms with van der Waals surface area (Å²) in [5.74, 6) is -1.48. The van der Waals surface area contributed by atoms with E-state index in [2.05, 4.69) is 4.98 Å². The van der Waals surface area contributed by atoms with Crippen LogP contribution in [0.1, 0.15) is 28.3 Å². The smallest absolute Gasteiger partial charge is 0.349 e. The zero-order valence-electron chi connectivity index (χ0n) is 14.5. The van der Waals surface area contributed by atoms with Gasteiger partial charge in [-0.15, -0.1) is 0 Å². The van der Waals surface area contributed by atoms with Crippen LogP contribution in [0.2, 0.25) is 0 Å². The summed E-state index contributed by atoms with van der Waals surface area (Å²) in [6.07, 6.45) is 0.744. The lowest BCUT2D eigenvalue weighted by Crippen LogP contribution is -2.28. The van der Waals surface area contributed by atoms with Gasteiger partial charge in [0.25, 0.3) is 0 Å². The predicted octanol–water partition coefficient (Wildman–Crippen LogP) is 1.96. The van der Waals surface area contributed by atoms with Crippen molar-refractivity contribution in [3.63, 3.8) is 0 Å². The second kappa shape index (κ2) is 8.45. The molecule has 0 radical (unpaired) electrons. The molecule has 1 aliphatic heterocycles. The van der Waals surface area contributed by atoms with E-state index in [0.29, 0.717) is 5.56 Å². The highest BCUT2D eigenvalue weighted by Gasteiger charge is 2.30. The van der Waals surface area contributed by atoms with Crippen LogP contribution in [0.3, 0.4) is 0 Å². The van der Waals surface area contributed by atoms with Gasteiger partial charge >= 0.3 is 11.7 Å². The molecule has 0 spiro atoms. The molecule has 142 valence electrons. The third-order valence-corrected chi connectivity index (χ3v) is 5.12. The molecule has 27 heavy (non-hydrogen) atoms. The molecular formula is C18H17FN2O5S. The molecule has 9 heteroatoms. The van der Waals surface area contributed by atoms with Crippen molar-refractivity contribution in [1.82, 2.24) is 9.55 Å². The normalized spacial score (nSPS) is 19.0. The molecule has 0 bridgehead atoms. The SMILES string of the molecule is CC(=O)OC[C@@H]1OC[C@H](n2cc(F)c(CC(=O)c3ccccc3)nc2=O)S1. The first-order chi connectivity index (χ1) is 12.9. The number of ketones is 1. The van der Waals surface area contributed by atoms with Gasteiger partial charge in [-0.05, 0) is 0 Å². The average Bonchev–Trinajstić information content (AvgIpc) is 3.12. The predicted molar refractivity (Wildman–Crippen MR) is 95.9 cm³/mol. The van der Waals surface area contributed by atoms with Crippen LogP contribution in [-0.4, -0.2) is 40.0 Å². The van der Waals surface area contributed by atoms with E-state index in [1.165, 1.54) is 18.7 Å². The van der Waals surface area contributed by atoms with Crippen molar-refractivity contribution < 1.29 is 23.5 Å². The van der Waals surface area contributed by atoms with Crippen molar-refractivity contribution in [3.05, 3.63) is 64.1 Å². The monoisotopic (exact) mass is 392 g/mol. The highest BCUT2D eigenvalue weighted by molar-refractivity contribution is 8.00. The van der Waals surface area contributed by atoms with E-state index in [9.17, 15) is 18.8 Å². The van der Waals surface area contributed by atoms with Gasteiger partial charge in [0, 0.05) is 18.7 Å². The molecule has 0 aliphatic carbocycles. The molecular weight excluding hydrogens is 375 g/mol. The van der Waals surface area contributed by atoms with Gasteiger partial charge < -0.3 is 9.47 Å². The highest BCUT2D eigenvalue weighted by Crippen LogP contribution is 2.34. The van der Waals surface area contributed by atoms with E-state index in [4.69, 9.17) is 9.47 Å². The van der Waals surface area contributed by atoms with Gasteiger partial charge in [-0.25, -0.2) is 9.18 Å². The molecule has 7 nitrogen and oxygen atoms in total. The molecule has 2 heterocycles. The van der Waals surface area contributed by atoms with Crippen LogP contribution in [-0.2, 0) is 20.7 Å². The first kappa shape index (κ1) is 19.2. The maximum Gasteiger partial charge on any atom is 0.349 e. The molecule has 1 aliphatic rings. The first-order valence-corrected chi connectivity index (χ1v) is 9.14. The van der Waals surface area contributed by atoms with Crippen LogP contribution >= 0.6 is 11.8 Å². The number of Topliss-reactive ketones (excluding diaryl/α,β-unsaturated/α-hetero) is 1. The van der Waals surface area contributed by atoms with Crippen molar-refractivity contribution in [2.24, 2.45) is 0 Å². The maximum atomic E-state index is 14.4. The Kier molecular flexibility index (Phi) is 6.02. The van der Waals surface area contributed by atoms with Crippen molar-refractivity contribution >= 4 is 23.5 Å². The lowest BCUT2D eigenvalue weighted by Gasteiger charge is -2.13. The fourth-order valence-electron chi connectivity index (χ4n) is 2.55. The minimum atomic E-state index is -0.733.